The minimum Gasteiger partial charge on any atom is -0.461 e. The van der Waals surface area contributed by atoms with Crippen molar-refractivity contribution in [1.29, 1.82) is 0 Å². The van der Waals surface area contributed by atoms with E-state index in [1.54, 1.807) is 0 Å². The fraction of sp³-hybridized carbons (Fsp3) is 0.667. The highest BCUT2D eigenvalue weighted by Gasteiger charge is 2.13. The number of hydrogen-bond acceptors (Lipinski definition) is 3. The molecule has 0 bridgehead atoms. The van der Waals surface area contributed by atoms with Gasteiger partial charge in [-0.3, -0.25) is 0 Å². The second-order valence-corrected chi connectivity index (χ2v) is 2.76. The summed E-state index contributed by atoms with van der Waals surface area (Å²) in [6.07, 6.45) is 0.899. The lowest BCUT2D eigenvalue weighted by molar-refractivity contribution is -0.139. The average molecular weight is 171 g/mol. The van der Waals surface area contributed by atoms with Gasteiger partial charge in [-0.15, -0.1) is 0 Å². The van der Waals surface area contributed by atoms with Gasteiger partial charge in [0.2, 0.25) is 0 Å². The first kappa shape index (κ1) is 11.2. The van der Waals surface area contributed by atoms with Crippen molar-refractivity contribution in [2.24, 2.45) is 11.7 Å². The molecule has 0 saturated carbocycles. The van der Waals surface area contributed by atoms with Crippen LogP contribution in [-0.2, 0) is 9.53 Å². The van der Waals surface area contributed by atoms with E-state index in [9.17, 15) is 4.79 Å². The first-order valence-electron chi connectivity index (χ1n) is 4.19. The quantitative estimate of drug-likeness (QED) is 0.497. The molecule has 0 rings (SSSR count). The van der Waals surface area contributed by atoms with E-state index in [0.29, 0.717) is 12.1 Å². The van der Waals surface area contributed by atoms with Gasteiger partial charge in [0.1, 0.15) is 6.61 Å². The van der Waals surface area contributed by atoms with Crippen LogP contribution < -0.4 is 5.73 Å². The Balaban J connectivity index is 3.85. The number of carbonyl (C=O) groups excluding carboxylic acids is 1. The van der Waals surface area contributed by atoms with Gasteiger partial charge in [0.15, 0.2) is 0 Å². The first-order chi connectivity index (χ1) is 5.63. The molecule has 0 aliphatic carbocycles. The van der Waals surface area contributed by atoms with Crippen molar-refractivity contribution < 1.29 is 9.53 Å². The van der Waals surface area contributed by atoms with Gasteiger partial charge in [0, 0.05) is 12.1 Å². The smallest absolute Gasteiger partial charge is 0.333 e. The topological polar surface area (TPSA) is 52.3 Å². The maximum Gasteiger partial charge on any atom is 0.333 e. The molecule has 0 aliphatic heterocycles. The lowest BCUT2D eigenvalue weighted by atomic mass is 10.0. The molecule has 70 valence electrons. The normalized spacial score (nSPS) is 12.2. The zero-order valence-electron chi connectivity index (χ0n) is 7.80. The Morgan fingerprint density at radius 3 is 2.67 bits per heavy atom. The standard InChI is InChI=1S/C9H17NO2/c1-4-7(2)8(3)9(11)12-6-5-10/h7H,3-6,10H2,1-2H3. The minimum absolute atomic E-state index is 0.190. The van der Waals surface area contributed by atoms with Gasteiger partial charge < -0.3 is 10.5 Å². The van der Waals surface area contributed by atoms with E-state index < -0.39 is 0 Å². The van der Waals surface area contributed by atoms with Crippen LogP contribution in [0.3, 0.4) is 0 Å². The molecule has 1 atom stereocenters. The van der Waals surface area contributed by atoms with E-state index in [1.807, 2.05) is 13.8 Å². The molecule has 2 N–H and O–H groups in total. The number of nitrogens with two attached hydrogens (primary N) is 1. The van der Waals surface area contributed by atoms with Crippen LogP contribution in [0.5, 0.6) is 0 Å². The van der Waals surface area contributed by atoms with Crippen molar-refractivity contribution in [2.45, 2.75) is 20.3 Å². The third-order valence-corrected chi connectivity index (χ3v) is 1.82. The van der Waals surface area contributed by atoms with Crippen LogP contribution in [0.25, 0.3) is 0 Å². The molecule has 0 aromatic heterocycles. The third-order valence-electron chi connectivity index (χ3n) is 1.82. The average Bonchev–Trinajstić information content (AvgIpc) is 2.11. The summed E-state index contributed by atoms with van der Waals surface area (Å²) in [6, 6.07) is 0. The molecule has 0 spiro atoms. The van der Waals surface area contributed by atoms with Crippen molar-refractivity contribution in [1.82, 2.24) is 0 Å². The maximum atomic E-state index is 11.1. The molecule has 0 aromatic carbocycles. The Morgan fingerprint density at radius 1 is 1.67 bits per heavy atom. The minimum atomic E-state index is -0.324. The van der Waals surface area contributed by atoms with Gasteiger partial charge in [-0.05, 0) is 12.3 Å². The van der Waals surface area contributed by atoms with Crippen molar-refractivity contribution in [3.05, 3.63) is 12.2 Å². The Hall–Kier alpha value is -0.830. The molecular weight excluding hydrogens is 154 g/mol. The summed E-state index contributed by atoms with van der Waals surface area (Å²) >= 11 is 0. The van der Waals surface area contributed by atoms with Crippen LogP contribution in [-0.4, -0.2) is 19.1 Å². The Bertz CT molecular complexity index is 166. The van der Waals surface area contributed by atoms with Crippen molar-refractivity contribution in [3.63, 3.8) is 0 Å². The Labute approximate surface area is 73.6 Å². The second-order valence-electron chi connectivity index (χ2n) is 2.76. The summed E-state index contributed by atoms with van der Waals surface area (Å²) in [5.41, 5.74) is 5.71. The van der Waals surface area contributed by atoms with Gasteiger partial charge >= 0.3 is 5.97 Å². The summed E-state index contributed by atoms with van der Waals surface area (Å²) in [5, 5.41) is 0. The lowest BCUT2D eigenvalue weighted by Gasteiger charge is -2.10. The Kier molecular flexibility index (Phi) is 5.37. The van der Waals surface area contributed by atoms with Gasteiger partial charge in [-0.1, -0.05) is 20.4 Å². The van der Waals surface area contributed by atoms with Gasteiger partial charge in [-0.2, -0.15) is 0 Å². The molecule has 0 aromatic rings. The summed E-state index contributed by atoms with van der Waals surface area (Å²) in [5.74, 6) is -0.134. The molecule has 1 unspecified atom stereocenters. The van der Waals surface area contributed by atoms with Crippen molar-refractivity contribution in [2.75, 3.05) is 13.2 Å². The van der Waals surface area contributed by atoms with Crippen LogP contribution in [0.15, 0.2) is 12.2 Å². The van der Waals surface area contributed by atoms with Crippen LogP contribution in [0.4, 0.5) is 0 Å². The van der Waals surface area contributed by atoms with Crippen LogP contribution >= 0.6 is 0 Å². The third kappa shape index (κ3) is 3.53. The fourth-order valence-corrected chi connectivity index (χ4v) is 0.692. The van der Waals surface area contributed by atoms with Crippen molar-refractivity contribution >= 4 is 5.97 Å². The van der Waals surface area contributed by atoms with Crippen molar-refractivity contribution in [3.8, 4) is 0 Å². The number of hydrogen-bond donors (Lipinski definition) is 1. The largest absolute Gasteiger partial charge is 0.461 e. The zero-order chi connectivity index (χ0) is 9.56. The van der Waals surface area contributed by atoms with Crippen LogP contribution in [0, 0.1) is 5.92 Å². The molecule has 0 fully saturated rings. The number of rotatable bonds is 5. The van der Waals surface area contributed by atoms with Crippen LogP contribution in [0.1, 0.15) is 20.3 Å². The summed E-state index contributed by atoms with van der Waals surface area (Å²) in [4.78, 5) is 11.1. The monoisotopic (exact) mass is 171 g/mol. The van der Waals surface area contributed by atoms with E-state index in [1.165, 1.54) is 0 Å². The van der Waals surface area contributed by atoms with Gasteiger partial charge in [0.25, 0.3) is 0 Å². The molecule has 12 heavy (non-hydrogen) atoms. The molecule has 0 saturated heterocycles. The summed E-state index contributed by atoms with van der Waals surface area (Å²) < 4.78 is 4.81. The lowest BCUT2D eigenvalue weighted by Crippen LogP contribution is -2.17. The molecule has 0 amide bonds. The highest BCUT2D eigenvalue weighted by molar-refractivity contribution is 5.88. The van der Waals surface area contributed by atoms with Gasteiger partial charge in [-0.25, -0.2) is 4.79 Å². The molecular formula is C9H17NO2. The molecule has 0 aliphatic rings. The highest BCUT2D eigenvalue weighted by Crippen LogP contribution is 2.12. The fourth-order valence-electron chi connectivity index (χ4n) is 0.692. The van der Waals surface area contributed by atoms with E-state index in [0.717, 1.165) is 6.42 Å². The predicted octanol–water partition coefficient (Wildman–Crippen LogP) is 1.09. The summed E-state index contributed by atoms with van der Waals surface area (Å²) in [6.45, 7) is 8.25. The SMILES string of the molecule is C=C(C(=O)OCCN)C(C)CC. The Morgan fingerprint density at radius 2 is 2.25 bits per heavy atom. The number of esters is 1. The predicted molar refractivity (Wildman–Crippen MR) is 48.6 cm³/mol. The highest BCUT2D eigenvalue weighted by atomic mass is 16.5. The van der Waals surface area contributed by atoms with Gasteiger partial charge in [0.05, 0.1) is 0 Å². The molecule has 0 radical (unpaired) electrons. The van der Waals surface area contributed by atoms with E-state index in [4.69, 9.17) is 10.5 Å². The molecule has 3 heteroatoms. The molecule has 3 nitrogen and oxygen atoms in total. The number of carbonyl (C=O) groups is 1. The van der Waals surface area contributed by atoms with Crippen LogP contribution in [0.2, 0.25) is 0 Å². The summed E-state index contributed by atoms with van der Waals surface area (Å²) in [7, 11) is 0. The second kappa shape index (κ2) is 5.77. The zero-order valence-corrected chi connectivity index (χ0v) is 7.80. The number of ether oxygens (including phenoxy) is 1. The van der Waals surface area contributed by atoms with E-state index in [2.05, 4.69) is 6.58 Å². The first-order valence-corrected chi connectivity index (χ1v) is 4.19. The molecule has 0 heterocycles. The van der Waals surface area contributed by atoms with E-state index >= 15 is 0 Å². The van der Waals surface area contributed by atoms with E-state index in [-0.39, 0.29) is 18.5 Å². The maximum absolute atomic E-state index is 11.1.